The second-order valence-corrected chi connectivity index (χ2v) is 4.63. The molecule has 0 aromatic carbocycles. The van der Waals surface area contributed by atoms with Crippen LogP contribution in [0.5, 0.6) is 0 Å². The first-order valence-corrected chi connectivity index (χ1v) is 5.95. The summed E-state index contributed by atoms with van der Waals surface area (Å²) in [6, 6.07) is 6.01. The number of aromatic nitrogens is 2. The molecule has 1 unspecified atom stereocenters. The normalized spacial score (nSPS) is 15.0. The lowest BCUT2D eigenvalue weighted by molar-refractivity contribution is 0.169. The summed E-state index contributed by atoms with van der Waals surface area (Å²) >= 11 is 0. The van der Waals surface area contributed by atoms with Crippen LogP contribution < -0.4 is 5.32 Å². The highest BCUT2D eigenvalue weighted by molar-refractivity contribution is 5.53. The second kappa shape index (κ2) is 4.85. The fraction of sp³-hybridized carbons (Fsp3) is 0.462. The van der Waals surface area contributed by atoms with Crippen LogP contribution in [0, 0.1) is 0 Å². The number of pyridine rings is 1. The molecular formula is C13H19N3O. The molecule has 0 bridgehead atoms. The summed E-state index contributed by atoms with van der Waals surface area (Å²) in [5, 5.41) is 17.0. The van der Waals surface area contributed by atoms with Gasteiger partial charge in [-0.2, -0.15) is 5.10 Å². The van der Waals surface area contributed by atoms with Crippen molar-refractivity contribution in [3.63, 3.8) is 0 Å². The van der Waals surface area contributed by atoms with Crippen LogP contribution in [0.2, 0.25) is 0 Å². The Kier molecular flexibility index (Phi) is 3.45. The minimum absolute atomic E-state index is 0.142. The zero-order chi connectivity index (χ0) is 12.3. The van der Waals surface area contributed by atoms with Crippen molar-refractivity contribution in [2.75, 3.05) is 6.61 Å². The molecule has 17 heavy (non-hydrogen) atoms. The molecule has 0 spiro atoms. The highest BCUT2D eigenvalue weighted by Gasteiger charge is 2.20. The summed E-state index contributed by atoms with van der Waals surface area (Å²) in [6.07, 6.45) is 4.70. The molecule has 0 fully saturated rings. The Morgan fingerprint density at radius 3 is 3.00 bits per heavy atom. The number of hydrogen-bond donors (Lipinski definition) is 2. The van der Waals surface area contributed by atoms with E-state index in [0.29, 0.717) is 0 Å². The molecule has 2 aromatic heterocycles. The van der Waals surface area contributed by atoms with Gasteiger partial charge in [-0.15, -0.1) is 0 Å². The van der Waals surface area contributed by atoms with E-state index in [1.165, 1.54) is 0 Å². The summed E-state index contributed by atoms with van der Waals surface area (Å²) in [4.78, 5) is 0. The molecule has 0 aliphatic carbocycles. The van der Waals surface area contributed by atoms with E-state index in [-0.39, 0.29) is 12.1 Å². The fourth-order valence-corrected chi connectivity index (χ4v) is 1.72. The summed E-state index contributed by atoms with van der Waals surface area (Å²) in [5.74, 6) is 0. The fourth-order valence-electron chi connectivity index (χ4n) is 1.72. The van der Waals surface area contributed by atoms with Gasteiger partial charge in [-0.3, -0.25) is 0 Å². The second-order valence-electron chi connectivity index (χ2n) is 4.63. The third-order valence-corrected chi connectivity index (χ3v) is 3.34. The molecule has 0 saturated heterocycles. The molecule has 0 aliphatic heterocycles. The van der Waals surface area contributed by atoms with E-state index in [1.54, 1.807) is 0 Å². The third-order valence-electron chi connectivity index (χ3n) is 3.34. The molecule has 4 nitrogen and oxygen atoms in total. The number of fused-ring (bicyclic) bond motifs is 1. The standard InChI is InChI=1S/C13H19N3O/c1-3-13(2,10-17)14-8-11-9-15-16-7-5-4-6-12(11)16/h4-7,9,14,17H,3,8,10H2,1-2H3. The van der Waals surface area contributed by atoms with E-state index in [9.17, 15) is 5.11 Å². The van der Waals surface area contributed by atoms with Crippen LogP contribution >= 0.6 is 0 Å². The van der Waals surface area contributed by atoms with Crippen molar-refractivity contribution in [2.24, 2.45) is 0 Å². The molecule has 0 amide bonds. The maximum atomic E-state index is 9.34. The van der Waals surface area contributed by atoms with Gasteiger partial charge in [0.15, 0.2) is 0 Å². The highest BCUT2D eigenvalue weighted by Crippen LogP contribution is 2.13. The van der Waals surface area contributed by atoms with Gasteiger partial charge in [-0.1, -0.05) is 13.0 Å². The molecule has 92 valence electrons. The lowest BCUT2D eigenvalue weighted by Crippen LogP contribution is -2.44. The minimum atomic E-state index is -0.219. The summed E-state index contributed by atoms with van der Waals surface area (Å²) in [6.45, 7) is 4.96. The van der Waals surface area contributed by atoms with Crippen molar-refractivity contribution in [1.29, 1.82) is 0 Å². The summed E-state index contributed by atoms with van der Waals surface area (Å²) < 4.78 is 1.86. The van der Waals surface area contributed by atoms with Crippen LogP contribution in [0.4, 0.5) is 0 Å². The van der Waals surface area contributed by atoms with Crippen LogP contribution in [0.25, 0.3) is 5.52 Å². The van der Waals surface area contributed by atoms with Gasteiger partial charge in [0, 0.05) is 23.8 Å². The minimum Gasteiger partial charge on any atom is -0.394 e. The molecular weight excluding hydrogens is 214 g/mol. The zero-order valence-corrected chi connectivity index (χ0v) is 10.3. The molecule has 2 rings (SSSR count). The van der Waals surface area contributed by atoms with Gasteiger partial charge >= 0.3 is 0 Å². The Labute approximate surface area is 101 Å². The van der Waals surface area contributed by atoms with Crippen LogP contribution in [-0.4, -0.2) is 26.9 Å². The van der Waals surface area contributed by atoms with Crippen molar-refractivity contribution in [2.45, 2.75) is 32.4 Å². The van der Waals surface area contributed by atoms with Crippen LogP contribution in [0.1, 0.15) is 25.8 Å². The smallest absolute Gasteiger partial charge is 0.0706 e. The monoisotopic (exact) mass is 233 g/mol. The molecule has 4 heteroatoms. The van der Waals surface area contributed by atoms with Crippen molar-refractivity contribution >= 4 is 5.52 Å². The highest BCUT2D eigenvalue weighted by atomic mass is 16.3. The Balaban J connectivity index is 2.14. The maximum absolute atomic E-state index is 9.34. The van der Waals surface area contributed by atoms with Gasteiger partial charge in [0.1, 0.15) is 0 Å². The number of nitrogens with zero attached hydrogens (tertiary/aromatic N) is 2. The van der Waals surface area contributed by atoms with Crippen molar-refractivity contribution in [1.82, 2.24) is 14.9 Å². The van der Waals surface area contributed by atoms with Gasteiger partial charge in [0.25, 0.3) is 0 Å². The summed E-state index contributed by atoms with van der Waals surface area (Å²) in [5.41, 5.74) is 2.04. The van der Waals surface area contributed by atoms with Gasteiger partial charge < -0.3 is 10.4 Å². The van der Waals surface area contributed by atoms with Gasteiger partial charge in [0.05, 0.1) is 18.3 Å². The molecule has 0 aliphatic rings. The zero-order valence-electron chi connectivity index (χ0n) is 10.3. The van der Waals surface area contributed by atoms with E-state index in [4.69, 9.17) is 0 Å². The van der Waals surface area contributed by atoms with E-state index in [0.717, 1.165) is 24.0 Å². The largest absolute Gasteiger partial charge is 0.394 e. The molecule has 0 saturated carbocycles. The Morgan fingerprint density at radius 2 is 2.29 bits per heavy atom. The number of aliphatic hydroxyl groups excluding tert-OH is 1. The van der Waals surface area contributed by atoms with Crippen LogP contribution in [0.15, 0.2) is 30.6 Å². The SMILES string of the molecule is CCC(C)(CO)NCc1cnn2ccccc12. The maximum Gasteiger partial charge on any atom is 0.0706 e. The predicted molar refractivity (Wildman–Crippen MR) is 67.8 cm³/mol. The van der Waals surface area contributed by atoms with E-state index < -0.39 is 0 Å². The lowest BCUT2D eigenvalue weighted by atomic mass is 10.00. The molecule has 2 N–H and O–H groups in total. The number of hydrogen-bond acceptors (Lipinski definition) is 3. The Hall–Kier alpha value is -1.39. The van der Waals surface area contributed by atoms with Crippen LogP contribution in [0.3, 0.4) is 0 Å². The number of nitrogens with one attached hydrogen (secondary N) is 1. The first-order chi connectivity index (χ1) is 8.18. The predicted octanol–water partition coefficient (Wildman–Crippen LogP) is 1.58. The van der Waals surface area contributed by atoms with Gasteiger partial charge in [-0.05, 0) is 25.5 Å². The van der Waals surface area contributed by atoms with Crippen LogP contribution in [-0.2, 0) is 6.54 Å². The quantitative estimate of drug-likeness (QED) is 0.824. The first-order valence-electron chi connectivity index (χ1n) is 5.95. The molecule has 2 heterocycles. The van der Waals surface area contributed by atoms with Gasteiger partial charge in [0.2, 0.25) is 0 Å². The van der Waals surface area contributed by atoms with Crippen molar-refractivity contribution < 1.29 is 5.11 Å². The molecule has 2 aromatic rings. The topological polar surface area (TPSA) is 49.6 Å². The molecule has 0 radical (unpaired) electrons. The van der Waals surface area contributed by atoms with E-state index in [1.807, 2.05) is 42.0 Å². The number of rotatable bonds is 5. The Bertz CT molecular complexity index is 488. The van der Waals surface area contributed by atoms with Crippen molar-refractivity contribution in [3.05, 3.63) is 36.2 Å². The van der Waals surface area contributed by atoms with E-state index in [2.05, 4.69) is 17.3 Å². The lowest BCUT2D eigenvalue weighted by Gasteiger charge is -2.27. The summed E-state index contributed by atoms with van der Waals surface area (Å²) in [7, 11) is 0. The first kappa shape index (κ1) is 12.1. The number of aliphatic hydroxyl groups is 1. The third kappa shape index (κ3) is 2.48. The van der Waals surface area contributed by atoms with Gasteiger partial charge in [-0.25, -0.2) is 4.52 Å². The Morgan fingerprint density at radius 1 is 1.47 bits per heavy atom. The average Bonchev–Trinajstić information content (AvgIpc) is 2.79. The van der Waals surface area contributed by atoms with Crippen molar-refractivity contribution in [3.8, 4) is 0 Å². The van der Waals surface area contributed by atoms with E-state index >= 15 is 0 Å². The average molecular weight is 233 g/mol. The molecule has 1 atom stereocenters.